The Kier molecular flexibility index (Phi) is 8.42. The van der Waals surface area contributed by atoms with E-state index in [0.717, 1.165) is 23.7 Å². The standard InChI is InChI=1S/C21H25ClN2O2.ClH/c1-2-26-17-9-7-8-16(14-17)21(25)23-15-20(24-12-5-6-13-24)18-10-3-4-11-19(18)22;/h3-4,7-11,14,20H,2,5-6,12-13,15H2,1H3,(H,23,25);1H. The van der Waals surface area contributed by atoms with Gasteiger partial charge in [-0.3, -0.25) is 9.69 Å². The second-order valence-electron chi connectivity index (χ2n) is 6.45. The Balaban J connectivity index is 0.00000261. The van der Waals surface area contributed by atoms with Gasteiger partial charge in [0.15, 0.2) is 0 Å². The summed E-state index contributed by atoms with van der Waals surface area (Å²) in [5.41, 5.74) is 1.68. The van der Waals surface area contributed by atoms with Crippen molar-refractivity contribution in [1.82, 2.24) is 10.2 Å². The van der Waals surface area contributed by atoms with Crippen molar-refractivity contribution in [2.75, 3.05) is 26.2 Å². The van der Waals surface area contributed by atoms with E-state index in [1.807, 2.05) is 43.3 Å². The minimum Gasteiger partial charge on any atom is -0.494 e. The zero-order chi connectivity index (χ0) is 18.4. The summed E-state index contributed by atoms with van der Waals surface area (Å²) >= 11 is 6.43. The Bertz CT molecular complexity index is 748. The normalized spacial score (nSPS) is 15.0. The number of halogens is 2. The van der Waals surface area contributed by atoms with E-state index in [1.54, 1.807) is 12.1 Å². The van der Waals surface area contributed by atoms with Crippen LogP contribution in [-0.4, -0.2) is 37.0 Å². The first-order valence-corrected chi connectivity index (χ1v) is 9.56. The molecule has 0 spiro atoms. The highest BCUT2D eigenvalue weighted by molar-refractivity contribution is 6.31. The summed E-state index contributed by atoms with van der Waals surface area (Å²) in [4.78, 5) is 15.0. The summed E-state index contributed by atoms with van der Waals surface area (Å²) in [5, 5.41) is 3.82. The number of carbonyl (C=O) groups is 1. The van der Waals surface area contributed by atoms with Gasteiger partial charge in [0.2, 0.25) is 0 Å². The van der Waals surface area contributed by atoms with Gasteiger partial charge in [0.05, 0.1) is 12.6 Å². The number of hydrogen-bond donors (Lipinski definition) is 1. The van der Waals surface area contributed by atoms with E-state index in [4.69, 9.17) is 16.3 Å². The number of amides is 1. The lowest BCUT2D eigenvalue weighted by atomic mass is 10.0. The molecule has 1 aliphatic heterocycles. The molecule has 146 valence electrons. The van der Waals surface area contributed by atoms with Crippen molar-refractivity contribution < 1.29 is 9.53 Å². The maximum Gasteiger partial charge on any atom is 0.251 e. The Morgan fingerprint density at radius 3 is 2.63 bits per heavy atom. The first kappa shape index (κ1) is 21.5. The Labute approximate surface area is 172 Å². The molecule has 1 fully saturated rings. The second-order valence-corrected chi connectivity index (χ2v) is 6.86. The summed E-state index contributed by atoms with van der Waals surface area (Å²) in [6.07, 6.45) is 2.37. The van der Waals surface area contributed by atoms with Crippen molar-refractivity contribution in [3.8, 4) is 5.75 Å². The molecule has 0 aromatic heterocycles. The number of nitrogens with one attached hydrogen (secondary N) is 1. The molecule has 3 rings (SSSR count). The Morgan fingerprint density at radius 1 is 1.19 bits per heavy atom. The van der Waals surface area contributed by atoms with Crippen LogP contribution < -0.4 is 10.1 Å². The molecule has 1 N–H and O–H groups in total. The molecule has 1 unspecified atom stereocenters. The highest BCUT2D eigenvalue weighted by Gasteiger charge is 2.25. The van der Waals surface area contributed by atoms with Gasteiger partial charge < -0.3 is 10.1 Å². The highest BCUT2D eigenvalue weighted by atomic mass is 35.5. The number of hydrogen-bond acceptors (Lipinski definition) is 3. The van der Waals surface area contributed by atoms with E-state index in [-0.39, 0.29) is 24.4 Å². The van der Waals surface area contributed by atoms with E-state index in [1.165, 1.54) is 12.8 Å². The SMILES string of the molecule is CCOc1cccc(C(=O)NCC(c2ccccc2Cl)N2CCCC2)c1.Cl. The third kappa shape index (κ3) is 5.61. The lowest BCUT2D eigenvalue weighted by molar-refractivity contribution is 0.0937. The van der Waals surface area contributed by atoms with Gasteiger partial charge in [-0.1, -0.05) is 35.9 Å². The maximum absolute atomic E-state index is 12.6. The van der Waals surface area contributed by atoms with Crippen LogP contribution in [0.15, 0.2) is 48.5 Å². The molecular formula is C21H26Cl2N2O2. The predicted octanol–water partition coefficient (Wildman–Crippen LogP) is 4.73. The average Bonchev–Trinajstić information content (AvgIpc) is 3.18. The van der Waals surface area contributed by atoms with Crippen LogP contribution in [0.25, 0.3) is 0 Å². The molecule has 2 aromatic rings. The van der Waals surface area contributed by atoms with E-state index in [2.05, 4.69) is 10.2 Å². The number of ether oxygens (including phenoxy) is 1. The number of likely N-dealkylation sites (tertiary alicyclic amines) is 1. The topological polar surface area (TPSA) is 41.6 Å². The lowest BCUT2D eigenvalue weighted by Gasteiger charge is -2.29. The second kappa shape index (κ2) is 10.5. The van der Waals surface area contributed by atoms with Gasteiger partial charge in [-0.15, -0.1) is 12.4 Å². The molecule has 27 heavy (non-hydrogen) atoms. The summed E-state index contributed by atoms with van der Waals surface area (Å²) in [6, 6.07) is 15.3. The highest BCUT2D eigenvalue weighted by Crippen LogP contribution is 2.29. The third-order valence-electron chi connectivity index (χ3n) is 4.71. The van der Waals surface area contributed by atoms with Gasteiger partial charge >= 0.3 is 0 Å². The summed E-state index contributed by atoms with van der Waals surface area (Å²) in [7, 11) is 0. The number of carbonyl (C=O) groups excluding carboxylic acids is 1. The molecule has 1 saturated heterocycles. The largest absolute Gasteiger partial charge is 0.494 e. The van der Waals surface area contributed by atoms with Crippen molar-refractivity contribution >= 4 is 29.9 Å². The minimum absolute atomic E-state index is 0. The van der Waals surface area contributed by atoms with Crippen LogP contribution in [0.1, 0.15) is 41.7 Å². The molecule has 1 atom stereocenters. The maximum atomic E-state index is 12.6. The first-order chi connectivity index (χ1) is 12.7. The van der Waals surface area contributed by atoms with Crippen LogP contribution in [0.3, 0.4) is 0 Å². The third-order valence-corrected chi connectivity index (χ3v) is 5.05. The molecule has 1 heterocycles. The molecule has 2 aromatic carbocycles. The quantitative estimate of drug-likeness (QED) is 0.719. The van der Waals surface area contributed by atoms with Gasteiger partial charge in [-0.25, -0.2) is 0 Å². The predicted molar refractivity (Wildman–Crippen MR) is 112 cm³/mol. The van der Waals surface area contributed by atoms with E-state index >= 15 is 0 Å². The molecule has 6 heteroatoms. The molecule has 1 amide bonds. The van der Waals surface area contributed by atoms with Crippen LogP contribution in [-0.2, 0) is 0 Å². The van der Waals surface area contributed by atoms with Gasteiger partial charge in [-0.2, -0.15) is 0 Å². The fourth-order valence-corrected chi connectivity index (χ4v) is 3.68. The molecular weight excluding hydrogens is 383 g/mol. The Hall–Kier alpha value is -1.75. The lowest BCUT2D eigenvalue weighted by Crippen LogP contribution is -2.37. The van der Waals surface area contributed by atoms with Crippen molar-refractivity contribution in [3.63, 3.8) is 0 Å². The summed E-state index contributed by atoms with van der Waals surface area (Å²) < 4.78 is 5.48. The smallest absolute Gasteiger partial charge is 0.251 e. The van der Waals surface area contributed by atoms with Crippen LogP contribution in [0.2, 0.25) is 5.02 Å². The van der Waals surface area contributed by atoms with Crippen molar-refractivity contribution in [1.29, 1.82) is 0 Å². The van der Waals surface area contributed by atoms with Gasteiger partial charge in [-0.05, 0) is 62.7 Å². The van der Waals surface area contributed by atoms with Crippen molar-refractivity contribution in [2.24, 2.45) is 0 Å². The van der Waals surface area contributed by atoms with Crippen LogP contribution >= 0.6 is 24.0 Å². The summed E-state index contributed by atoms with van der Waals surface area (Å²) in [5.74, 6) is 0.616. The molecule has 4 nitrogen and oxygen atoms in total. The molecule has 0 aliphatic carbocycles. The van der Waals surface area contributed by atoms with Crippen molar-refractivity contribution in [2.45, 2.75) is 25.8 Å². The van der Waals surface area contributed by atoms with E-state index < -0.39 is 0 Å². The minimum atomic E-state index is -0.0946. The van der Waals surface area contributed by atoms with Crippen LogP contribution in [0.4, 0.5) is 0 Å². The molecule has 1 aliphatic rings. The van der Waals surface area contributed by atoms with E-state index in [0.29, 0.717) is 24.5 Å². The van der Waals surface area contributed by atoms with Gasteiger partial charge in [0, 0.05) is 17.1 Å². The number of benzene rings is 2. The number of rotatable bonds is 7. The van der Waals surface area contributed by atoms with Crippen LogP contribution in [0, 0.1) is 0 Å². The van der Waals surface area contributed by atoms with Gasteiger partial charge in [0.25, 0.3) is 5.91 Å². The summed E-state index contributed by atoms with van der Waals surface area (Å²) in [6.45, 7) is 5.10. The molecule has 0 bridgehead atoms. The zero-order valence-corrected chi connectivity index (χ0v) is 17.1. The fourth-order valence-electron chi connectivity index (χ4n) is 3.42. The molecule has 0 saturated carbocycles. The fraction of sp³-hybridized carbons (Fsp3) is 0.381. The molecule has 0 radical (unpaired) electrons. The van der Waals surface area contributed by atoms with Gasteiger partial charge in [0.1, 0.15) is 5.75 Å². The van der Waals surface area contributed by atoms with Crippen LogP contribution in [0.5, 0.6) is 5.75 Å². The number of nitrogens with zero attached hydrogens (tertiary/aromatic N) is 1. The Morgan fingerprint density at radius 2 is 1.93 bits per heavy atom. The average molecular weight is 409 g/mol. The monoisotopic (exact) mass is 408 g/mol. The zero-order valence-electron chi connectivity index (χ0n) is 15.5. The van der Waals surface area contributed by atoms with E-state index in [9.17, 15) is 4.79 Å². The first-order valence-electron chi connectivity index (χ1n) is 9.18. The van der Waals surface area contributed by atoms with Crippen molar-refractivity contribution in [3.05, 3.63) is 64.7 Å².